The molecular weight excluding hydrogens is 228 g/mol. The first-order valence-electron chi connectivity index (χ1n) is 3.26. The molecule has 4 heteroatoms. The molecule has 60 valence electrons. The van der Waals surface area contributed by atoms with Crippen LogP contribution in [0.5, 0.6) is 5.06 Å². The maximum atomic E-state index is 5.14. The van der Waals surface area contributed by atoms with E-state index in [9.17, 15) is 0 Å². The van der Waals surface area contributed by atoms with Crippen LogP contribution in [0.1, 0.15) is 11.0 Å². The molecule has 1 aliphatic heterocycles. The summed E-state index contributed by atoms with van der Waals surface area (Å²) in [6.45, 7) is 0.857. The summed E-state index contributed by atoms with van der Waals surface area (Å²) in [4.78, 5) is 1.24. The minimum Gasteiger partial charge on any atom is -0.486 e. The Hall–Kier alpha value is -0.0600. The molecule has 0 aliphatic carbocycles. The minimum absolute atomic E-state index is 0.334. The maximum Gasteiger partial charge on any atom is 0.188 e. The van der Waals surface area contributed by atoms with Crippen molar-refractivity contribution in [3.8, 4) is 5.06 Å². The number of thiophene rings is 1. The highest BCUT2D eigenvalue weighted by Gasteiger charge is 2.27. The third-order valence-electron chi connectivity index (χ3n) is 1.51. The third-order valence-corrected chi connectivity index (χ3v) is 3.55. The summed E-state index contributed by atoms with van der Waals surface area (Å²) in [5, 5.41) is 0.926. The van der Waals surface area contributed by atoms with Crippen molar-refractivity contribution >= 4 is 27.3 Å². The van der Waals surface area contributed by atoms with Gasteiger partial charge in [-0.3, -0.25) is 0 Å². The van der Waals surface area contributed by atoms with Gasteiger partial charge in [0.1, 0.15) is 6.10 Å². The number of hydrogen-bond acceptors (Lipinski definition) is 3. The third kappa shape index (κ3) is 1.43. The highest BCUT2D eigenvalue weighted by Crippen LogP contribution is 2.42. The van der Waals surface area contributed by atoms with Gasteiger partial charge in [-0.15, -0.1) is 11.3 Å². The van der Waals surface area contributed by atoms with Crippen molar-refractivity contribution in [2.75, 3.05) is 13.7 Å². The predicted molar refractivity (Wildman–Crippen MR) is 47.3 cm³/mol. The van der Waals surface area contributed by atoms with E-state index < -0.39 is 0 Å². The van der Waals surface area contributed by atoms with Gasteiger partial charge in [0.15, 0.2) is 5.06 Å². The van der Waals surface area contributed by atoms with Crippen LogP contribution in [-0.2, 0) is 4.74 Å². The molecule has 0 saturated carbocycles. The van der Waals surface area contributed by atoms with Crippen molar-refractivity contribution in [1.29, 1.82) is 0 Å². The Kier molecular flexibility index (Phi) is 1.91. The van der Waals surface area contributed by atoms with Gasteiger partial charge in [0.05, 0.1) is 18.2 Å². The van der Waals surface area contributed by atoms with E-state index in [-0.39, 0.29) is 0 Å². The van der Waals surface area contributed by atoms with Crippen LogP contribution in [0.25, 0.3) is 0 Å². The molecule has 0 amide bonds. The largest absolute Gasteiger partial charge is 0.486 e. The van der Waals surface area contributed by atoms with Gasteiger partial charge in [0.2, 0.25) is 0 Å². The molecule has 1 saturated heterocycles. The van der Waals surface area contributed by atoms with Crippen LogP contribution in [0.15, 0.2) is 10.5 Å². The molecule has 11 heavy (non-hydrogen) atoms. The molecule has 0 unspecified atom stereocenters. The van der Waals surface area contributed by atoms with Gasteiger partial charge in [-0.1, -0.05) is 0 Å². The van der Waals surface area contributed by atoms with E-state index in [1.54, 1.807) is 18.4 Å². The highest BCUT2D eigenvalue weighted by molar-refractivity contribution is 9.10. The SMILES string of the molecule is COc1sc([C@@H]2CO2)cc1Br. The summed E-state index contributed by atoms with van der Waals surface area (Å²) in [6.07, 6.45) is 0.334. The first kappa shape index (κ1) is 7.58. The smallest absolute Gasteiger partial charge is 0.188 e. The quantitative estimate of drug-likeness (QED) is 0.735. The Balaban J connectivity index is 2.28. The number of halogens is 1. The normalized spacial score (nSPS) is 21.8. The van der Waals surface area contributed by atoms with Gasteiger partial charge in [0.25, 0.3) is 0 Å². The van der Waals surface area contributed by atoms with Gasteiger partial charge in [-0.25, -0.2) is 0 Å². The molecule has 0 spiro atoms. The van der Waals surface area contributed by atoms with Crippen LogP contribution in [0.3, 0.4) is 0 Å². The zero-order valence-corrected chi connectivity index (χ0v) is 8.37. The van der Waals surface area contributed by atoms with Gasteiger partial charge < -0.3 is 9.47 Å². The fourth-order valence-corrected chi connectivity index (χ4v) is 2.58. The summed E-state index contributed by atoms with van der Waals surface area (Å²) in [7, 11) is 1.67. The molecule has 2 heterocycles. The zero-order valence-electron chi connectivity index (χ0n) is 5.96. The van der Waals surface area contributed by atoms with Gasteiger partial charge in [0, 0.05) is 4.88 Å². The summed E-state index contributed by atoms with van der Waals surface area (Å²) in [6, 6.07) is 2.06. The Bertz CT molecular complexity index is 267. The molecule has 1 atom stereocenters. The molecule has 0 aromatic carbocycles. The van der Waals surface area contributed by atoms with Crippen LogP contribution < -0.4 is 4.74 Å². The lowest BCUT2D eigenvalue weighted by Crippen LogP contribution is -1.75. The standard InChI is InChI=1S/C7H7BrO2S/c1-9-7-4(8)2-6(11-7)5-3-10-5/h2,5H,3H2,1H3/t5-/m0/s1. The topological polar surface area (TPSA) is 21.8 Å². The first-order valence-corrected chi connectivity index (χ1v) is 4.87. The Morgan fingerprint density at radius 3 is 3.00 bits per heavy atom. The lowest BCUT2D eigenvalue weighted by Gasteiger charge is -1.91. The molecule has 1 aliphatic rings. The van der Waals surface area contributed by atoms with E-state index in [0.717, 1.165) is 16.1 Å². The van der Waals surface area contributed by atoms with E-state index in [2.05, 4.69) is 22.0 Å². The van der Waals surface area contributed by atoms with Crippen molar-refractivity contribution in [1.82, 2.24) is 0 Å². The van der Waals surface area contributed by atoms with E-state index in [1.165, 1.54) is 4.88 Å². The fraction of sp³-hybridized carbons (Fsp3) is 0.429. The zero-order chi connectivity index (χ0) is 7.84. The summed E-state index contributed by atoms with van der Waals surface area (Å²) < 4.78 is 11.3. The molecule has 1 aromatic heterocycles. The second-order valence-electron chi connectivity index (χ2n) is 2.31. The van der Waals surface area contributed by atoms with Crippen LogP contribution in [0.2, 0.25) is 0 Å². The van der Waals surface area contributed by atoms with Crippen molar-refractivity contribution in [2.24, 2.45) is 0 Å². The molecule has 0 radical (unpaired) electrons. The molecule has 0 N–H and O–H groups in total. The molecule has 2 rings (SSSR count). The van der Waals surface area contributed by atoms with E-state index >= 15 is 0 Å². The fourth-order valence-electron chi connectivity index (χ4n) is 0.879. The lowest BCUT2D eigenvalue weighted by molar-refractivity contribution is 0.418. The average Bonchev–Trinajstić information content (AvgIpc) is 2.76. The second kappa shape index (κ2) is 2.77. The average molecular weight is 235 g/mol. The van der Waals surface area contributed by atoms with E-state index in [1.807, 2.05) is 0 Å². The van der Waals surface area contributed by atoms with Crippen LogP contribution in [0, 0.1) is 0 Å². The summed E-state index contributed by atoms with van der Waals surface area (Å²) in [5.41, 5.74) is 0. The molecule has 1 aromatic rings. The number of hydrogen-bond donors (Lipinski definition) is 0. The van der Waals surface area contributed by atoms with E-state index in [4.69, 9.17) is 9.47 Å². The number of ether oxygens (including phenoxy) is 2. The first-order chi connectivity index (χ1) is 5.31. The number of epoxide rings is 1. The molecule has 2 nitrogen and oxygen atoms in total. The van der Waals surface area contributed by atoms with Crippen LogP contribution in [0.4, 0.5) is 0 Å². The number of rotatable bonds is 2. The van der Waals surface area contributed by atoms with Crippen molar-refractivity contribution in [2.45, 2.75) is 6.10 Å². The monoisotopic (exact) mass is 234 g/mol. The minimum atomic E-state index is 0.334. The molecule has 1 fully saturated rings. The summed E-state index contributed by atoms with van der Waals surface area (Å²) >= 11 is 5.04. The van der Waals surface area contributed by atoms with Gasteiger partial charge >= 0.3 is 0 Å². The predicted octanol–water partition coefficient (Wildman–Crippen LogP) is 2.59. The van der Waals surface area contributed by atoms with Gasteiger partial charge in [-0.05, 0) is 22.0 Å². The second-order valence-corrected chi connectivity index (χ2v) is 4.21. The van der Waals surface area contributed by atoms with Crippen LogP contribution >= 0.6 is 27.3 Å². The Labute approximate surface area is 77.3 Å². The molecular formula is C7H7BrO2S. The van der Waals surface area contributed by atoms with Gasteiger partial charge in [-0.2, -0.15) is 0 Å². The Morgan fingerprint density at radius 2 is 2.55 bits per heavy atom. The maximum absolute atomic E-state index is 5.14. The summed E-state index contributed by atoms with van der Waals surface area (Å²) in [5.74, 6) is 0. The van der Waals surface area contributed by atoms with Crippen molar-refractivity contribution in [3.05, 3.63) is 15.4 Å². The number of methoxy groups -OCH3 is 1. The van der Waals surface area contributed by atoms with Crippen molar-refractivity contribution in [3.63, 3.8) is 0 Å². The highest BCUT2D eigenvalue weighted by atomic mass is 79.9. The Morgan fingerprint density at radius 1 is 1.82 bits per heavy atom. The molecule has 0 bridgehead atoms. The van der Waals surface area contributed by atoms with E-state index in [0.29, 0.717) is 6.10 Å². The van der Waals surface area contributed by atoms with Crippen LogP contribution in [-0.4, -0.2) is 13.7 Å². The lowest BCUT2D eigenvalue weighted by atomic mass is 10.4. The van der Waals surface area contributed by atoms with Crippen molar-refractivity contribution < 1.29 is 9.47 Å².